The molecule has 0 spiro atoms. The smallest absolute Gasteiger partial charge is 0.124 e. The zero-order valence-electron chi connectivity index (χ0n) is 11.4. The number of fused-ring (bicyclic) bond motifs is 2. The third kappa shape index (κ3) is 1.94. The van der Waals surface area contributed by atoms with Crippen LogP contribution in [0.5, 0.6) is 0 Å². The van der Waals surface area contributed by atoms with E-state index in [4.69, 9.17) is 4.98 Å². The molecule has 0 saturated heterocycles. The van der Waals surface area contributed by atoms with Gasteiger partial charge < -0.3 is 5.32 Å². The summed E-state index contributed by atoms with van der Waals surface area (Å²) < 4.78 is 1.27. The fourth-order valence-electron chi connectivity index (χ4n) is 2.82. The Morgan fingerprint density at radius 3 is 3.00 bits per heavy atom. The van der Waals surface area contributed by atoms with Crippen molar-refractivity contribution in [1.29, 1.82) is 0 Å². The lowest BCUT2D eigenvalue weighted by atomic mass is 9.99. The molecule has 0 amide bonds. The molecule has 0 bridgehead atoms. The van der Waals surface area contributed by atoms with Gasteiger partial charge >= 0.3 is 0 Å². The van der Waals surface area contributed by atoms with Gasteiger partial charge in [0.25, 0.3) is 0 Å². The molecular weight excluding hydrogens is 264 g/mol. The van der Waals surface area contributed by atoms with Crippen molar-refractivity contribution in [3.05, 3.63) is 53.1 Å². The minimum atomic E-state index is 0.979. The summed E-state index contributed by atoms with van der Waals surface area (Å²) in [6.45, 7) is 4.20. The van der Waals surface area contributed by atoms with Crippen LogP contribution in [0.1, 0.15) is 16.7 Å². The number of nitrogens with zero attached hydrogens (tertiary/aromatic N) is 1. The van der Waals surface area contributed by atoms with Crippen LogP contribution >= 0.6 is 11.3 Å². The summed E-state index contributed by atoms with van der Waals surface area (Å²) in [6.07, 6.45) is 1.13. The molecule has 1 aliphatic heterocycles. The maximum atomic E-state index is 4.83. The van der Waals surface area contributed by atoms with Crippen molar-refractivity contribution in [2.75, 3.05) is 6.54 Å². The van der Waals surface area contributed by atoms with Gasteiger partial charge in [-0.15, -0.1) is 11.3 Å². The third-order valence-electron chi connectivity index (χ3n) is 3.96. The van der Waals surface area contributed by atoms with Crippen LogP contribution in [0.3, 0.4) is 0 Å². The highest BCUT2D eigenvalue weighted by atomic mass is 32.1. The Morgan fingerprint density at radius 1 is 1.15 bits per heavy atom. The number of benzene rings is 2. The quantitative estimate of drug-likeness (QED) is 0.731. The topological polar surface area (TPSA) is 24.9 Å². The molecule has 2 nitrogen and oxygen atoms in total. The lowest BCUT2D eigenvalue weighted by Gasteiger charge is -2.17. The van der Waals surface area contributed by atoms with Crippen LogP contribution in [-0.2, 0) is 13.0 Å². The summed E-state index contributed by atoms with van der Waals surface area (Å²) in [7, 11) is 0. The normalized spacial score (nSPS) is 14.4. The van der Waals surface area contributed by atoms with Crippen molar-refractivity contribution >= 4 is 21.6 Å². The summed E-state index contributed by atoms with van der Waals surface area (Å²) in [6, 6.07) is 13.2. The zero-order chi connectivity index (χ0) is 13.5. The van der Waals surface area contributed by atoms with E-state index in [0.717, 1.165) is 30.0 Å². The minimum Gasteiger partial charge on any atom is -0.312 e. The number of para-hydroxylation sites is 1. The maximum Gasteiger partial charge on any atom is 0.124 e. The van der Waals surface area contributed by atoms with Crippen LogP contribution < -0.4 is 5.32 Å². The Morgan fingerprint density at radius 2 is 2.10 bits per heavy atom. The summed E-state index contributed by atoms with van der Waals surface area (Å²) >= 11 is 1.78. The Balaban J connectivity index is 1.84. The first-order valence-electron chi connectivity index (χ1n) is 7.00. The monoisotopic (exact) mass is 280 g/mol. The molecule has 1 aromatic heterocycles. The van der Waals surface area contributed by atoms with E-state index in [1.54, 1.807) is 11.3 Å². The third-order valence-corrected chi connectivity index (χ3v) is 5.03. The number of thiazole rings is 1. The van der Waals surface area contributed by atoms with Crippen molar-refractivity contribution in [3.8, 4) is 10.6 Å². The van der Waals surface area contributed by atoms with Gasteiger partial charge in [-0.05, 0) is 48.7 Å². The second-order valence-electron chi connectivity index (χ2n) is 5.35. The predicted molar refractivity (Wildman–Crippen MR) is 85.2 cm³/mol. The molecule has 0 aliphatic carbocycles. The lowest BCUT2D eigenvalue weighted by Crippen LogP contribution is -2.23. The van der Waals surface area contributed by atoms with Crippen molar-refractivity contribution in [3.63, 3.8) is 0 Å². The first kappa shape index (κ1) is 12.1. The molecular formula is C17H16N2S. The first-order chi connectivity index (χ1) is 9.81. The molecule has 0 fully saturated rings. The average molecular weight is 280 g/mol. The fourth-order valence-corrected chi connectivity index (χ4v) is 3.86. The van der Waals surface area contributed by atoms with Crippen LogP contribution in [-0.4, -0.2) is 11.5 Å². The number of hydrogen-bond donors (Lipinski definition) is 1. The number of aryl methyl sites for hydroxylation is 1. The lowest BCUT2D eigenvalue weighted by molar-refractivity contribution is 0.644. The van der Waals surface area contributed by atoms with Gasteiger partial charge in [0.2, 0.25) is 0 Å². The molecule has 2 aromatic carbocycles. The molecule has 0 atom stereocenters. The molecule has 1 aliphatic rings. The van der Waals surface area contributed by atoms with Crippen LogP contribution in [0.25, 0.3) is 20.8 Å². The summed E-state index contributed by atoms with van der Waals surface area (Å²) in [4.78, 5) is 4.83. The fraction of sp³-hybridized carbons (Fsp3) is 0.235. The largest absolute Gasteiger partial charge is 0.312 e. The SMILES string of the molecule is Cc1cccc2sc(-c3ccc4c(c3)CNCC4)nc12. The summed E-state index contributed by atoms with van der Waals surface area (Å²) in [5.74, 6) is 0. The van der Waals surface area contributed by atoms with Crippen LogP contribution in [0.4, 0.5) is 0 Å². The van der Waals surface area contributed by atoms with E-state index < -0.39 is 0 Å². The van der Waals surface area contributed by atoms with Crippen LogP contribution in [0.2, 0.25) is 0 Å². The first-order valence-corrected chi connectivity index (χ1v) is 7.82. The van der Waals surface area contributed by atoms with Gasteiger partial charge in [0, 0.05) is 12.1 Å². The van der Waals surface area contributed by atoms with E-state index in [-0.39, 0.29) is 0 Å². The van der Waals surface area contributed by atoms with Gasteiger partial charge in [0.05, 0.1) is 10.2 Å². The minimum absolute atomic E-state index is 0.979. The highest BCUT2D eigenvalue weighted by Crippen LogP contribution is 2.32. The highest BCUT2D eigenvalue weighted by molar-refractivity contribution is 7.21. The summed E-state index contributed by atoms with van der Waals surface area (Å²) in [5, 5.41) is 4.57. The molecule has 2 heterocycles. The Hall–Kier alpha value is -1.71. The standard InChI is InChI=1S/C17H16N2S/c1-11-3-2-4-15-16(11)19-17(20-15)13-6-5-12-7-8-18-10-14(12)9-13/h2-6,9,18H,7-8,10H2,1H3. The van der Waals surface area contributed by atoms with E-state index >= 15 is 0 Å². The molecule has 0 unspecified atom stereocenters. The van der Waals surface area contributed by atoms with E-state index in [1.807, 2.05) is 0 Å². The van der Waals surface area contributed by atoms with Gasteiger partial charge in [-0.2, -0.15) is 0 Å². The second-order valence-corrected chi connectivity index (χ2v) is 6.38. The second kappa shape index (κ2) is 4.69. The van der Waals surface area contributed by atoms with Crippen molar-refractivity contribution in [2.24, 2.45) is 0 Å². The average Bonchev–Trinajstić information content (AvgIpc) is 2.92. The van der Waals surface area contributed by atoms with Gasteiger partial charge in [-0.1, -0.05) is 24.3 Å². The van der Waals surface area contributed by atoms with Crippen LogP contribution in [0, 0.1) is 6.92 Å². The zero-order valence-corrected chi connectivity index (χ0v) is 12.3. The van der Waals surface area contributed by atoms with Crippen LogP contribution in [0.15, 0.2) is 36.4 Å². The Labute approximate surface area is 122 Å². The van der Waals surface area contributed by atoms with E-state index in [1.165, 1.54) is 27.0 Å². The van der Waals surface area contributed by atoms with Gasteiger partial charge in [0.1, 0.15) is 5.01 Å². The maximum absolute atomic E-state index is 4.83. The van der Waals surface area contributed by atoms with Gasteiger partial charge in [-0.3, -0.25) is 0 Å². The van der Waals surface area contributed by atoms with E-state index in [9.17, 15) is 0 Å². The number of hydrogen-bond acceptors (Lipinski definition) is 3. The highest BCUT2D eigenvalue weighted by Gasteiger charge is 2.12. The molecule has 1 N–H and O–H groups in total. The Kier molecular flexibility index (Phi) is 2.83. The molecule has 20 heavy (non-hydrogen) atoms. The number of nitrogens with one attached hydrogen (secondary N) is 1. The van der Waals surface area contributed by atoms with Crippen molar-refractivity contribution < 1.29 is 0 Å². The number of aromatic nitrogens is 1. The molecule has 3 aromatic rings. The molecule has 4 rings (SSSR count). The number of rotatable bonds is 1. The van der Waals surface area contributed by atoms with Crippen molar-refractivity contribution in [1.82, 2.24) is 10.3 Å². The molecule has 0 saturated carbocycles. The Bertz CT molecular complexity index is 789. The van der Waals surface area contributed by atoms with E-state index in [2.05, 4.69) is 48.6 Å². The van der Waals surface area contributed by atoms with Crippen molar-refractivity contribution in [2.45, 2.75) is 19.9 Å². The van der Waals surface area contributed by atoms with Gasteiger partial charge in [0.15, 0.2) is 0 Å². The summed E-state index contributed by atoms with van der Waals surface area (Å²) in [5.41, 5.74) is 6.54. The molecule has 100 valence electrons. The van der Waals surface area contributed by atoms with Gasteiger partial charge in [-0.25, -0.2) is 4.98 Å². The molecule has 3 heteroatoms. The predicted octanol–water partition coefficient (Wildman–Crippen LogP) is 3.92. The molecule has 0 radical (unpaired) electrons. The van der Waals surface area contributed by atoms with E-state index in [0.29, 0.717) is 0 Å².